The molecule has 1 aromatic carbocycles. The lowest BCUT2D eigenvalue weighted by Crippen LogP contribution is -2.54. The normalized spacial score (nSPS) is 15.2. The number of hydrogen-bond acceptors (Lipinski definition) is 5. The second-order valence-electron chi connectivity index (χ2n) is 6.18. The average molecular weight is 341 g/mol. The number of nitrogens with zero attached hydrogens (tertiary/aromatic N) is 2. The Bertz CT molecular complexity index is 727. The van der Waals surface area contributed by atoms with E-state index in [1.54, 1.807) is 13.2 Å². The number of pyridine rings is 1. The number of ether oxygens (including phenoxy) is 2. The fourth-order valence-electron chi connectivity index (χ4n) is 2.83. The molecule has 1 fully saturated rings. The molecule has 1 amide bonds. The summed E-state index contributed by atoms with van der Waals surface area (Å²) in [5, 5.41) is 2.89. The minimum atomic E-state index is -0.0227. The lowest BCUT2D eigenvalue weighted by Gasteiger charge is -2.40. The molecule has 0 bridgehead atoms. The molecule has 25 heavy (non-hydrogen) atoms. The van der Waals surface area contributed by atoms with Crippen molar-refractivity contribution in [3.63, 3.8) is 0 Å². The zero-order valence-corrected chi connectivity index (χ0v) is 14.7. The van der Waals surface area contributed by atoms with Gasteiger partial charge in [-0.2, -0.15) is 4.98 Å². The molecule has 1 saturated heterocycles. The van der Waals surface area contributed by atoms with E-state index >= 15 is 0 Å². The summed E-state index contributed by atoms with van der Waals surface area (Å²) in [4.78, 5) is 17.7. The number of rotatable bonds is 6. The van der Waals surface area contributed by atoms with E-state index in [4.69, 9.17) is 9.47 Å². The van der Waals surface area contributed by atoms with Crippen molar-refractivity contribution in [1.82, 2.24) is 10.3 Å². The molecule has 1 unspecified atom stereocenters. The van der Waals surface area contributed by atoms with E-state index in [9.17, 15) is 4.79 Å². The minimum absolute atomic E-state index is 0.0122. The van der Waals surface area contributed by atoms with E-state index in [-0.39, 0.29) is 18.1 Å². The average Bonchev–Trinajstić information content (AvgIpc) is 2.57. The third kappa shape index (κ3) is 4.21. The molecule has 1 aliphatic rings. The summed E-state index contributed by atoms with van der Waals surface area (Å²) < 4.78 is 11.0. The first kappa shape index (κ1) is 17.1. The van der Waals surface area contributed by atoms with Crippen molar-refractivity contribution in [1.29, 1.82) is 0 Å². The fraction of sp³-hybridized carbons (Fsp3) is 0.368. The van der Waals surface area contributed by atoms with Crippen LogP contribution in [0.25, 0.3) is 0 Å². The monoisotopic (exact) mass is 341 g/mol. The van der Waals surface area contributed by atoms with Gasteiger partial charge in [0.25, 0.3) is 0 Å². The Balaban J connectivity index is 1.53. The maximum atomic E-state index is 11.1. The first-order valence-corrected chi connectivity index (χ1v) is 8.35. The fourth-order valence-corrected chi connectivity index (χ4v) is 2.83. The maximum Gasteiger partial charge on any atom is 0.217 e. The van der Waals surface area contributed by atoms with Crippen molar-refractivity contribution in [3.8, 4) is 11.8 Å². The second kappa shape index (κ2) is 7.42. The van der Waals surface area contributed by atoms with Crippen LogP contribution in [0.5, 0.6) is 11.8 Å². The number of anilines is 1. The van der Waals surface area contributed by atoms with Gasteiger partial charge >= 0.3 is 0 Å². The zero-order valence-electron chi connectivity index (χ0n) is 14.7. The van der Waals surface area contributed by atoms with Crippen LogP contribution in [0.2, 0.25) is 0 Å². The number of methoxy groups -OCH3 is 1. The van der Waals surface area contributed by atoms with Crippen molar-refractivity contribution in [3.05, 3.63) is 48.0 Å². The van der Waals surface area contributed by atoms with Gasteiger partial charge in [0, 0.05) is 24.7 Å². The van der Waals surface area contributed by atoms with E-state index < -0.39 is 0 Å². The van der Waals surface area contributed by atoms with Crippen LogP contribution in [0.1, 0.15) is 25.5 Å². The highest BCUT2D eigenvalue weighted by Crippen LogP contribution is 2.25. The Kier molecular flexibility index (Phi) is 5.07. The van der Waals surface area contributed by atoms with Gasteiger partial charge in [-0.05, 0) is 24.6 Å². The van der Waals surface area contributed by atoms with Gasteiger partial charge in [0.05, 0.1) is 26.2 Å². The predicted molar refractivity (Wildman–Crippen MR) is 96.1 cm³/mol. The van der Waals surface area contributed by atoms with Crippen LogP contribution in [0.3, 0.4) is 0 Å². The first-order chi connectivity index (χ1) is 12.0. The second-order valence-corrected chi connectivity index (χ2v) is 6.18. The largest absolute Gasteiger partial charge is 0.481 e. The summed E-state index contributed by atoms with van der Waals surface area (Å²) in [5.41, 5.74) is 2.24. The molecule has 2 heterocycles. The minimum Gasteiger partial charge on any atom is -0.481 e. The van der Waals surface area contributed by atoms with Gasteiger partial charge in [-0.25, -0.2) is 0 Å². The van der Waals surface area contributed by atoms with Gasteiger partial charge in [0.1, 0.15) is 6.10 Å². The molecule has 0 spiro atoms. The summed E-state index contributed by atoms with van der Waals surface area (Å²) in [5.74, 6) is 1.12. The molecular formula is C19H23N3O3. The molecule has 132 valence electrons. The van der Waals surface area contributed by atoms with E-state index in [2.05, 4.69) is 27.3 Å². The molecular weight excluding hydrogens is 318 g/mol. The number of hydrogen-bond donors (Lipinski definition) is 1. The van der Waals surface area contributed by atoms with E-state index in [1.807, 2.05) is 31.2 Å². The van der Waals surface area contributed by atoms with Crippen LogP contribution in [0.4, 0.5) is 5.69 Å². The highest BCUT2D eigenvalue weighted by molar-refractivity contribution is 5.73. The van der Waals surface area contributed by atoms with Gasteiger partial charge in [-0.3, -0.25) is 4.79 Å². The number of carbonyl (C=O) groups is 1. The smallest absolute Gasteiger partial charge is 0.217 e. The third-order valence-corrected chi connectivity index (χ3v) is 4.22. The molecule has 1 aromatic heterocycles. The lowest BCUT2D eigenvalue weighted by molar-refractivity contribution is -0.119. The van der Waals surface area contributed by atoms with Gasteiger partial charge < -0.3 is 19.7 Å². The van der Waals surface area contributed by atoms with Crippen LogP contribution in [-0.2, 0) is 4.79 Å². The Morgan fingerprint density at radius 3 is 2.52 bits per heavy atom. The quantitative estimate of drug-likeness (QED) is 0.875. The molecule has 0 saturated carbocycles. The summed E-state index contributed by atoms with van der Waals surface area (Å²) >= 11 is 0. The number of nitrogens with one attached hydrogen (secondary N) is 1. The van der Waals surface area contributed by atoms with Crippen LogP contribution in [0.15, 0.2) is 42.5 Å². The summed E-state index contributed by atoms with van der Waals surface area (Å²) in [6, 6.07) is 13.8. The number of benzene rings is 1. The summed E-state index contributed by atoms with van der Waals surface area (Å²) in [7, 11) is 1.59. The van der Waals surface area contributed by atoms with Crippen molar-refractivity contribution >= 4 is 11.6 Å². The number of aromatic nitrogens is 1. The molecule has 0 aliphatic carbocycles. The highest BCUT2D eigenvalue weighted by atomic mass is 16.5. The molecule has 1 atom stereocenters. The Morgan fingerprint density at radius 2 is 1.88 bits per heavy atom. The van der Waals surface area contributed by atoms with Gasteiger partial charge in [-0.15, -0.1) is 0 Å². The Hall–Kier alpha value is -2.76. The van der Waals surface area contributed by atoms with Gasteiger partial charge in [0.15, 0.2) is 0 Å². The molecule has 6 nitrogen and oxygen atoms in total. The van der Waals surface area contributed by atoms with Crippen LogP contribution >= 0.6 is 0 Å². The first-order valence-electron chi connectivity index (χ1n) is 8.35. The van der Waals surface area contributed by atoms with Crippen molar-refractivity contribution in [2.24, 2.45) is 0 Å². The number of amides is 1. The van der Waals surface area contributed by atoms with Gasteiger partial charge in [0.2, 0.25) is 17.7 Å². The van der Waals surface area contributed by atoms with Crippen LogP contribution < -0.4 is 19.7 Å². The van der Waals surface area contributed by atoms with Gasteiger partial charge in [-0.1, -0.05) is 18.2 Å². The topological polar surface area (TPSA) is 63.7 Å². The van der Waals surface area contributed by atoms with Crippen molar-refractivity contribution < 1.29 is 14.3 Å². The summed E-state index contributed by atoms with van der Waals surface area (Å²) in [6.45, 7) is 5.15. The predicted octanol–water partition coefficient (Wildman–Crippen LogP) is 2.55. The van der Waals surface area contributed by atoms with E-state index in [1.165, 1.54) is 6.92 Å². The Labute approximate surface area is 147 Å². The molecule has 2 aromatic rings. The third-order valence-electron chi connectivity index (χ3n) is 4.22. The Morgan fingerprint density at radius 1 is 1.20 bits per heavy atom. The van der Waals surface area contributed by atoms with E-state index in [0.29, 0.717) is 11.8 Å². The number of carbonyl (C=O) groups excluding carboxylic acids is 1. The molecule has 0 radical (unpaired) electrons. The van der Waals surface area contributed by atoms with Crippen molar-refractivity contribution in [2.75, 3.05) is 25.1 Å². The SMILES string of the molecule is COc1cccc(OC2CN(c3ccc(C(C)NC(C)=O)cc3)C2)n1. The zero-order chi connectivity index (χ0) is 17.8. The van der Waals surface area contributed by atoms with E-state index in [0.717, 1.165) is 24.3 Å². The molecule has 1 N–H and O–H groups in total. The van der Waals surface area contributed by atoms with Crippen LogP contribution in [0, 0.1) is 0 Å². The van der Waals surface area contributed by atoms with Crippen molar-refractivity contribution in [2.45, 2.75) is 26.0 Å². The lowest BCUT2D eigenvalue weighted by atomic mass is 10.1. The highest BCUT2D eigenvalue weighted by Gasteiger charge is 2.29. The molecule has 3 rings (SSSR count). The molecule has 1 aliphatic heterocycles. The standard InChI is InChI=1S/C19H23N3O3/c1-13(20-14(2)23)15-7-9-16(10-8-15)22-11-17(12-22)25-19-6-4-5-18(21-19)24-3/h4-10,13,17H,11-12H2,1-3H3,(H,20,23). The molecule has 6 heteroatoms. The van der Waals surface area contributed by atoms with Crippen LogP contribution in [-0.4, -0.2) is 37.2 Å². The summed E-state index contributed by atoms with van der Waals surface area (Å²) in [6.07, 6.45) is 0.123. The maximum absolute atomic E-state index is 11.1.